The van der Waals surface area contributed by atoms with Gasteiger partial charge in [-0.25, -0.2) is 9.78 Å². The Balaban J connectivity index is 2.71. The highest BCUT2D eigenvalue weighted by molar-refractivity contribution is 6.28. The zero-order valence-electron chi connectivity index (χ0n) is 8.97. The molecule has 0 saturated heterocycles. The molecule has 1 rings (SSSR count). The van der Waals surface area contributed by atoms with Gasteiger partial charge in [-0.05, 0) is 18.5 Å². The number of aromatic nitrogens is 2. The van der Waals surface area contributed by atoms with Gasteiger partial charge in [-0.3, -0.25) is 4.79 Å². The van der Waals surface area contributed by atoms with Crippen molar-refractivity contribution < 1.29 is 19.1 Å². The van der Waals surface area contributed by atoms with Crippen molar-refractivity contribution in [2.45, 2.75) is 6.92 Å². The lowest BCUT2D eigenvalue weighted by Crippen LogP contribution is -2.17. The Labute approximate surface area is 102 Å². The van der Waals surface area contributed by atoms with Crippen LogP contribution in [0.2, 0.25) is 5.28 Å². The number of carbonyl (C=O) groups excluding carboxylic acids is 2. The van der Waals surface area contributed by atoms with Gasteiger partial charge in [0, 0.05) is 6.07 Å². The van der Waals surface area contributed by atoms with Crippen LogP contribution >= 0.6 is 11.6 Å². The van der Waals surface area contributed by atoms with Gasteiger partial charge >= 0.3 is 5.97 Å². The second-order valence-electron chi connectivity index (χ2n) is 2.82. The zero-order valence-corrected chi connectivity index (χ0v) is 9.73. The minimum atomic E-state index is -0.768. The largest absolute Gasteiger partial charge is 0.466 e. The molecule has 0 fully saturated rings. The maximum absolute atomic E-state index is 11.0. The Morgan fingerprint density at radius 1 is 1.47 bits per heavy atom. The summed E-state index contributed by atoms with van der Waals surface area (Å²) in [6, 6.07) is 1.19. The van der Waals surface area contributed by atoms with Crippen LogP contribution < -0.4 is 10.5 Å². The van der Waals surface area contributed by atoms with Crippen LogP contribution in [0.15, 0.2) is 6.07 Å². The maximum atomic E-state index is 11.0. The van der Waals surface area contributed by atoms with Crippen LogP contribution in [0.3, 0.4) is 0 Å². The van der Waals surface area contributed by atoms with Crippen molar-refractivity contribution in [2.75, 3.05) is 13.2 Å². The third-order valence-electron chi connectivity index (χ3n) is 1.57. The predicted octanol–water partition coefficient (Wildman–Crippen LogP) is 0.171. The van der Waals surface area contributed by atoms with E-state index in [-0.39, 0.29) is 30.1 Å². The molecule has 1 aromatic rings. The summed E-state index contributed by atoms with van der Waals surface area (Å²) < 4.78 is 9.61. The molecule has 92 valence electrons. The highest BCUT2D eigenvalue weighted by Gasteiger charge is 2.10. The predicted molar refractivity (Wildman–Crippen MR) is 57.7 cm³/mol. The van der Waals surface area contributed by atoms with E-state index in [4.69, 9.17) is 22.1 Å². The molecular formula is C9H10ClN3O4. The molecule has 1 aromatic heterocycles. The SMILES string of the molecule is CCOC(=O)COc1cc(C(N)=O)nc(Cl)n1. The van der Waals surface area contributed by atoms with E-state index in [0.717, 1.165) is 0 Å². The third kappa shape index (κ3) is 4.23. The van der Waals surface area contributed by atoms with Crippen molar-refractivity contribution >= 4 is 23.5 Å². The third-order valence-corrected chi connectivity index (χ3v) is 1.74. The number of esters is 1. The average Bonchev–Trinajstić information content (AvgIpc) is 2.26. The Bertz CT molecular complexity index is 438. The smallest absolute Gasteiger partial charge is 0.344 e. The molecule has 7 nitrogen and oxygen atoms in total. The zero-order chi connectivity index (χ0) is 12.8. The maximum Gasteiger partial charge on any atom is 0.344 e. The quantitative estimate of drug-likeness (QED) is 0.597. The van der Waals surface area contributed by atoms with Crippen molar-refractivity contribution in [1.29, 1.82) is 0 Å². The minimum absolute atomic E-state index is 0.0214. The van der Waals surface area contributed by atoms with Gasteiger partial charge in [0.05, 0.1) is 6.61 Å². The number of primary amides is 1. The van der Waals surface area contributed by atoms with Gasteiger partial charge in [-0.15, -0.1) is 0 Å². The number of nitrogens with zero attached hydrogens (tertiary/aromatic N) is 2. The monoisotopic (exact) mass is 259 g/mol. The van der Waals surface area contributed by atoms with Crippen LogP contribution in [0.4, 0.5) is 0 Å². The van der Waals surface area contributed by atoms with Crippen molar-refractivity contribution in [3.8, 4) is 5.88 Å². The molecule has 0 aliphatic carbocycles. The number of rotatable bonds is 5. The van der Waals surface area contributed by atoms with Gasteiger partial charge in [0.15, 0.2) is 6.61 Å². The number of amides is 1. The fraction of sp³-hybridized carbons (Fsp3) is 0.333. The Kier molecular flexibility index (Phi) is 4.65. The summed E-state index contributed by atoms with van der Waals surface area (Å²) in [5.41, 5.74) is 4.93. The molecule has 0 bridgehead atoms. The molecule has 1 amide bonds. The molecule has 0 saturated carbocycles. The summed E-state index contributed by atoms with van der Waals surface area (Å²) in [5, 5.41) is -0.194. The summed E-state index contributed by atoms with van der Waals surface area (Å²) in [7, 11) is 0. The van der Waals surface area contributed by atoms with E-state index in [1.54, 1.807) is 6.92 Å². The topological polar surface area (TPSA) is 104 Å². The molecule has 2 N–H and O–H groups in total. The van der Waals surface area contributed by atoms with E-state index in [9.17, 15) is 9.59 Å². The summed E-state index contributed by atoms with van der Waals surface area (Å²) in [6.07, 6.45) is 0. The average molecular weight is 260 g/mol. The second kappa shape index (κ2) is 6.00. The number of hydrogen-bond donors (Lipinski definition) is 1. The Morgan fingerprint density at radius 3 is 2.76 bits per heavy atom. The first-order valence-corrected chi connectivity index (χ1v) is 5.03. The van der Waals surface area contributed by atoms with Gasteiger partial charge in [0.25, 0.3) is 5.91 Å². The molecule has 0 atom stereocenters. The van der Waals surface area contributed by atoms with E-state index in [2.05, 4.69) is 14.7 Å². The fourth-order valence-electron chi connectivity index (χ4n) is 0.933. The Morgan fingerprint density at radius 2 is 2.18 bits per heavy atom. The normalized spacial score (nSPS) is 9.76. The van der Waals surface area contributed by atoms with Gasteiger partial charge in [0.2, 0.25) is 11.2 Å². The summed E-state index contributed by atoms with van der Waals surface area (Å²) in [5.74, 6) is -1.34. The number of halogens is 1. The lowest BCUT2D eigenvalue weighted by molar-refractivity contribution is -0.145. The lowest BCUT2D eigenvalue weighted by atomic mass is 10.4. The van der Waals surface area contributed by atoms with E-state index in [1.807, 2.05) is 0 Å². The van der Waals surface area contributed by atoms with Crippen molar-refractivity contribution in [2.24, 2.45) is 5.73 Å². The first-order chi connectivity index (χ1) is 8.02. The molecule has 17 heavy (non-hydrogen) atoms. The molecule has 0 unspecified atom stereocenters. The van der Waals surface area contributed by atoms with Crippen molar-refractivity contribution in [3.05, 3.63) is 17.0 Å². The molecule has 0 aromatic carbocycles. The van der Waals surface area contributed by atoms with Gasteiger partial charge in [-0.1, -0.05) is 0 Å². The molecule has 0 radical (unpaired) electrons. The Hall–Kier alpha value is -1.89. The highest BCUT2D eigenvalue weighted by atomic mass is 35.5. The van der Waals surface area contributed by atoms with Crippen LogP contribution in [0.5, 0.6) is 5.88 Å². The van der Waals surface area contributed by atoms with Crippen LogP contribution in [0, 0.1) is 0 Å². The molecule has 8 heteroatoms. The van der Waals surface area contributed by atoms with Gasteiger partial charge in [0.1, 0.15) is 5.69 Å². The summed E-state index contributed by atoms with van der Waals surface area (Å²) >= 11 is 5.54. The summed E-state index contributed by atoms with van der Waals surface area (Å²) in [6.45, 7) is 1.59. The van der Waals surface area contributed by atoms with E-state index in [1.165, 1.54) is 6.07 Å². The first-order valence-electron chi connectivity index (χ1n) is 4.65. The first kappa shape index (κ1) is 13.2. The molecule has 0 spiro atoms. The van der Waals surface area contributed by atoms with E-state index >= 15 is 0 Å². The van der Waals surface area contributed by atoms with Crippen molar-refractivity contribution in [1.82, 2.24) is 9.97 Å². The molecule has 0 aliphatic rings. The standard InChI is InChI=1S/C9H10ClN3O4/c1-2-16-7(14)4-17-6-3-5(8(11)15)12-9(10)13-6/h3H,2,4H2,1H3,(H2,11,15). The summed E-state index contributed by atoms with van der Waals surface area (Å²) in [4.78, 5) is 29.1. The van der Waals surface area contributed by atoms with Crippen LogP contribution in [0.1, 0.15) is 17.4 Å². The fourth-order valence-corrected chi connectivity index (χ4v) is 1.11. The van der Waals surface area contributed by atoms with Gasteiger partial charge in [-0.2, -0.15) is 4.98 Å². The molecule has 1 heterocycles. The highest BCUT2D eigenvalue weighted by Crippen LogP contribution is 2.12. The van der Waals surface area contributed by atoms with E-state index in [0.29, 0.717) is 0 Å². The second-order valence-corrected chi connectivity index (χ2v) is 3.16. The van der Waals surface area contributed by atoms with Gasteiger partial charge < -0.3 is 15.2 Å². The number of nitrogens with two attached hydrogens (primary N) is 1. The molecular weight excluding hydrogens is 250 g/mol. The molecule has 0 aliphatic heterocycles. The van der Waals surface area contributed by atoms with Crippen LogP contribution in [-0.2, 0) is 9.53 Å². The number of ether oxygens (including phenoxy) is 2. The number of carbonyl (C=O) groups is 2. The van der Waals surface area contributed by atoms with Crippen LogP contribution in [0.25, 0.3) is 0 Å². The number of hydrogen-bond acceptors (Lipinski definition) is 6. The lowest BCUT2D eigenvalue weighted by Gasteiger charge is -2.05. The minimum Gasteiger partial charge on any atom is -0.466 e. The van der Waals surface area contributed by atoms with Crippen LogP contribution in [-0.4, -0.2) is 35.1 Å². The van der Waals surface area contributed by atoms with E-state index < -0.39 is 11.9 Å². The van der Waals surface area contributed by atoms with Crippen molar-refractivity contribution in [3.63, 3.8) is 0 Å².